The predicted molar refractivity (Wildman–Crippen MR) is 82.6 cm³/mol. The molecule has 0 fully saturated rings. The summed E-state index contributed by atoms with van der Waals surface area (Å²) in [6.07, 6.45) is 0. The quantitative estimate of drug-likeness (QED) is 0.885. The van der Waals surface area contributed by atoms with Crippen LogP contribution >= 0.6 is 15.9 Å². The summed E-state index contributed by atoms with van der Waals surface area (Å²) in [5.74, 6) is -0.812. The highest BCUT2D eigenvalue weighted by Crippen LogP contribution is 2.35. The van der Waals surface area contributed by atoms with Crippen molar-refractivity contribution in [2.24, 2.45) is 5.73 Å². The fourth-order valence-corrected chi connectivity index (χ4v) is 2.73. The number of ether oxygens (including phenoxy) is 1. The lowest BCUT2D eigenvalue weighted by Crippen LogP contribution is -2.17. The highest BCUT2D eigenvalue weighted by Gasteiger charge is 2.23. The van der Waals surface area contributed by atoms with Gasteiger partial charge in [-0.25, -0.2) is 8.78 Å². The van der Waals surface area contributed by atoms with Gasteiger partial charge in [0.2, 0.25) is 0 Å². The van der Waals surface area contributed by atoms with Crippen molar-refractivity contribution in [2.75, 3.05) is 7.11 Å². The summed E-state index contributed by atoms with van der Waals surface area (Å²) in [6, 6.07) is 5.07. The molecule has 112 valence electrons. The van der Waals surface area contributed by atoms with E-state index in [-0.39, 0.29) is 5.56 Å². The Hall–Kier alpha value is -1.46. The molecule has 0 saturated heterocycles. The Balaban J connectivity index is 2.61. The van der Waals surface area contributed by atoms with Gasteiger partial charge in [0.05, 0.1) is 13.2 Å². The number of halogens is 3. The number of methoxy groups -OCH3 is 1. The smallest absolute Gasteiger partial charge is 0.132 e. The van der Waals surface area contributed by atoms with E-state index in [4.69, 9.17) is 10.5 Å². The van der Waals surface area contributed by atoms with E-state index >= 15 is 0 Å². The fraction of sp³-hybridized carbons (Fsp3) is 0.250. The lowest BCUT2D eigenvalue weighted by Gasteiger charge is -2.20. The summed E-state index contributed by atoms with van der Waals surface area (Å²) in [5.41, 5.74) is 8.41. The normalized spacial score (nSPS) is 12.3. The highest BCUT2D eigenvalue weighted by molar-refractivity contribution is 9.10. The van der Waals surface area contributed by atoms with Crippen LogP contribution in [0.5, 0.6) is 5.75 Å². The second-order valence-corrected chi connectivity index (χ2v) is 5.81. The van der Waals surface area contributed by atoms with Crippen LogP contribution in [-0.2, 0) is 0 Å². The van der Waals surface area contributed by atoms with Crippen molar-refractivity contribution in [3.8, 4) is 5.75 Å². The molecule has 0 aliphatic rings. The molecule has 0 heterocycles. The summed E-state index contributed by atoms with van der Waals surface area (Å²) in [5, 5.41) is 0. The molecule has 0 aliphatic carbocycles. The van der Waals surface area contributed by atoms with Crippen LogP contribution < -0.4 is 10.5 Å². The van der Waals surface area contributed by atoms with Gasteiger partial charge >= 0.3 is 0 Å². The largest absolute Gasteiger partial charge is 0.496 e. The zero-order valence-electron chi connectivity index (χ0n) is 12.0. The number of rotatable bonds is 3. The van der Waals surface area contributed by atoms with Gasteiger partial charge in [-0.1, -0.05) is 28.1 Å². The predicted octanol–water partition coefficient (Wildman–Crippen LogP) is 4.40. The molecule has 1 atom stereocenters. The molecule has 2 aromatic rings. The third-order valence-corrected chi connectivity index (χ3v) is 4.06. The van der Waals surface area contributed by atoms with Crippen molar-refractivity contribution < 1.29 is 13.5 Å². The van der Waals surface area contributed by atoms with Crippen LogP contribution in [0.15, 0.2) is 28.7 Å². The molecule has 2 rings (SSSR count). The van der Waals surface area contributed by atoms with Gasteiger partial charge in [0.25, 0.3) is 0 Å². The van der Waals surface area contributed by atoms with E-state index in [1.54, 1.807) is 6.07 Å². The van der Waals surface area contributed by atoms with Gasteiger partial charge in [0, 0.05) is 15.6 Å². The summed E-state index contributed by atoms with van der Waals surface area (Å²) < 4.78 is 33.8. The van der Waals surface area contributed by atoms with Crippen LogP contribution in [0.4, 0.5) is 8.78 Å². The molecule has 5 heteroatoms. The van der Waals surface area contributed by atoms with E-state index in [0.717, 1.165) is 11.1 Å². The second kappa shape index (κ2) is 6.12. The average Bonchev–Trinajstić information content (AvgIpc) is 2.40. The maximum atomic E-state index is 14.1. The number of hydrogen-bond donors (Lipinski definition) is 1. The summed E-state index contributed by atoms with van der Waals surface area (Å²) >= 11 is 3.06. The third kappa shape index (κ3) is 2.94. The second-order valence-electron chi connectivity index (χ2n) is 4.89. The number of nitrogens with two attached hydrogens (primary N) is 1. The van der Waals surface area contributed by atoms with Gasteiger partial charge in [-0.05, 0) is 37.1 Å². The van der Waals surface area contributed by atoms with Crippen LogP contribution in [0.3, 0.4) is 0 Å². The van der Waals surface area contributed by atoms with Gasteiger partial charge in [-0.2, -0.15) is 0 Å². The van der Waals surface area contributed by atoms with Crippen molar-refractivity contribution in [3.05, 3.63) is 62.6 Å². The monoisotopic (exact) mass is 355 g/mol. The first-order valence-electron chi connectivity index (χ1n) is 6.41. The Morgan fingerprint density at radius 2 is 1.71 bits per heavy atom. The minimum atomic E-state index is -0.938. The minimum absolute atomic E-state index is 0.167. The average molecular weight is 356 g/mol. The number of benzene rings is 2. The molecule has 0 radical (unpaired) electrons. The van der Waals surface area contributed by atoms with Gasteiger partial charge in [-0.3, -0.25) is 0 Å². The standard InChI is InChI=1S/C16H16BrF2NO/c1-8-4-5-11(16(21-3)9(8)2)15(20)14-12(18)6-10(17)7-13(14)19/h4-7,15H,20H2,1-3H3. The molecular formula is C16H16BrF2NO. The summed E-state index contributed by atoms with van der Waals surface area (Å²) in [4.78, 5) is 0. The molecule has 0 bridgehead atoms. The molecule has 0 aliphatic heterocycles. The Labute approximate surface area is 131 Å². The topological polar surface area (TPSA) is 35.2 Å². The van der Waals surface area contributed by atoms with Crippen LogP contribution in [-0.4, -0.2) is 7.11 Å². The van der Waals surface area contributed by atoms with Gasteiger partial charge < -0.3 is 10.5 Å². The van der Waals surface area contributed by atoms with Crippen molar-refractivity contribution in [2.45, 2.75) is 19.9 Å². The summed E-state index contributed by atoms with van der Waals surface area (Å²) in [7, 11) is 1.52. The van der Waals surface area contributed by atoms with Crippen LogP contribution in [0, 0.1) is 25.5 Å². The van der Waals surface area contributed by atoms with Crippen LogP contribution in [0.25, 0.3) is 0 Å². The van der Waals surface area contributed by atoms with Gasteiger partial charge in [0.15, 0.2) is 0 Å². The fourth-order valence-electron chi connectivity index (χ4n) is 2.33. The number of aryl methyl sites for hydroxylation is 1. The molecule has 21 heavy (non-hydrogen) atoms. The SMILES string of the molecule is COc1c(C(N)c2c(F)cc(Br)cc2F)ccc(C)c1C. The summed E-state index contributed by atoms with van der Waals surface area (Å²) in [6.45, 7) is 3.83. The Morgan fingerprint density at radius 3 is 2.24 bits per heavy atom. The number of hydrogen-bond acceptors (Lipinski definition) is 2. The Morgan fingerprint density at radius 1 is 1.14 bits per heavy atom. The molecule has 2 nitrogen and oxygen atoms in total. The van der Waals surface area contributed by atoms with Crippen molar-refractivity contribution in [1.29, 1.82) is 0 Å². The molecule has 2 aromatic carbocycles. The first-order valence-corrected chi connectivity index (χ1v) is 7.20. The van der Waals surface area contributed by atoms with Gasteiger partial charge in [-0.15, -0.1) is 0 Å². The first kappa shape index (κ1) is 15.9. The van der Waals surface area contributed by atoms with Crippen LogP contribution in [0.1, 0.15) is 28.3 Å². The lowest BCUT2D eigenvalue weighted by atomic mass is 9.94. The van der Waals surface area contributed by atoms with E-state index in [1.165, 1.54) is 19.2 Å². The van der Waals surface area contributed by atoms with E-state index in [9.17, 15) is 8.78 Å². The molecule has 1 unspecified atom stereocenters. The molecule has 0 amide bonds. The molecule has 0 aromatic heterocycles. The van der Waals surface area contributed by atoms with E-state index in [1.807, 2.05) is 19.9 Å². The van der Waals surface area contributed by atoms with Crippen molar-refractivity contribution >= 4 is 15.9 Å². The third-order valence-electron chi connectivity index (χ3n) is 3.60. The Bertz CT molecular complexity index is 665. The lowest BCUT2D eigenvalue weighted by molar-refractivity contribution is 0.403. The molecular weight excluding hydrogens is 340 g/mol. The van der Waals surface area contributed by atoms with Crippen molar-refractivity contribution in [3.63, 3.8) is 0 Å². The van der Waals surface area contributed by atoms with Crippen LogP contribution in [0.2, 0.25) is 0 Å². The molecule has 0 spiro atoms. The highest BCUT2D eigenvalue weighted by atomic mass is 79.9. The first-order chi connectivity index (χ1) is 9.86. The van der Waals surface area contributed by atoms with Crippen molar-refractivity contribution in [1.82, 2.24) is 0 Å². The zero-order chi connectivity index (χ0) is 15.7. The van der Waals surface area contributed by atoms with E-state index in [2.05, 4.69) is 15.9 Å². The van der Waals surface area contributed by atoms with E-state index < -0.39 is 17.7 Å². The molecule has 0 saturated carbocycles. The molecule has 2 N–H and O–H groups in total. The maximum Gasteiger partial charge on any atom is 0.132 e. The zero-order valence-corrected chi connectivity index (χ0v) is 13.6. The maximum absolute atomic E-state index is 14.1. The minimum Gasteiger partial charge on any atom is -0.496 e. The Kier molecular flexibility index (Phi) is 4.64. The van der Waals surface area contributed by atoms with E-state index in [0.29, 0.717) is 15.8 Å². The van der Waals surface area contributed by atoms with Gasteiger partial charge in [0.1, 0.15) is 17.4 Å².